The monoisotopic (exact) mass is 308 g/mol. The molecule has 0 spiro atoms. The number of rotatable bonds is 4. The van der Waals surface area contributed by atoms with E-state index < -0.39 is 0 Å². The van der Waals surface area contributed by atoms with Gasteiger partial charge < -0.3 is 10.6 Å². The largest absolute Gasteiger partial charge is 0.397 e. The third-order valence-corrected chi connectivity index (χ3v) is 5.08. The summed E-state index contributed by atoms with van der Waals surface area (Å²) in [7, 11) is 0. The molecule has 0 unspecified atom stereocenters. The molecular weight excluding hydrogens is 292 g/mol. The molecule has 1 amide bonds. The van der Waals surface area contributed by atoms with Crippen LogP contribution in [0.1, 0.15) is 35.9 Å². The van der Waals surface area contributed by atoms with E-state index >= 15 is 0 Å². The molecule has 0 aliphatic heterocycles. The molecule has 0 radical (unpaired) electrons. The molecule has 1 saturated carbocycles. The lowest BCUT2D eigenvalue weighted by atomic mass is 10.2. The van der Waals surface area contributed by atoms with Crippen LogP contribution in [-0.2, 0) is 0 Å². The van der Waals surface area contributed by atoms with Crippen LogP contribution in [0.5, 0.6) is 0 Å². The average molecular weight is 309 g/mol. The predicted molar refractivity (Wildman–Crippen MR) is 85.6 cm³/mol. The number of benzene rings is 1. The lowest BCUT2D eigenvalue weighted by molar-refractivity contribution is 0.0749. The van der Waals surface area contributed by atoms with Crippen LogP contribution in [0.3, 0.4) is 0 Å². The van der Waals surface area contributed by atoms with Gasteiger partial charge in [0.25, 0.3) is 5.91 Å². The predicted octanol–water partition coefficient (Wildman–Crippen LogP) is 4.15. The van der Waals surface area contributed by atoms with Gasteiger partial charge in [-0.05, 0) is 31.4 Å². The van der Waals surface area contributed by atoms with E-state index in [0.717, 1.165) is 35.9 Å². The number of hydrogen-bond donors (Lipinski definition) is 1. The first-order chi connectivity index (χ1) is 9.63. The Labute approximate surface area is 127 Å². The van der Waals surface area contributed by atoms with Gasteiger partial charge in [0.2, 0.25) is 0 Å². The summed E-state index contributed by atoms with van der Waals surface area (Å²) in [5, 5.41) is 1.43. The fourth-order valence-electron chi connectivity index (χ4n) is 2.50. The zero-order valence-electron chi connectivity index (χ0n) is 11.4. The second-order valence-corrected chi connectivity index (χ2v) is 6.65. The number of amides is 1. The summed E-state index contributed by atoms with van der Waals surface area (Å²) in [6, 6.07) is 6.06. The highest BCUT2D eigenvalue weighted by Gasteiger charge is 2.34. The molecule has 2 aromatic rings. The normalized spacial score (nSPS) is 14.7. The highest BCUT2D eigenvalue weighted by molar-refractivity contribution is 7.21. The van der Waals surface area contributed by atoms with Crippen LogP contribution in [0.15, 0.2) is 18.2 Å². The fraction of sp³-hybridized carbons (Fsp3) is 0.400. The smallest absolute Gasteiger partial charge is 0.266 e. The van der Waals surface area contributed by atoms with Crippen molar-refractivity contribution in [2.24, 2.45) is 0 Å². The van der Waals surface area contributed by atoms with Crippen LogP contribution in [0.25, 0.3) is 10.1 Å². The number of nitrogens with two attached hydrogens (primary N) is 1. The van der Waals surface area contributed by atoms with Gasteiger partial charge in [-0.3, -0.25) is 4.79 Å². The van der Waals surface area contributed by atoms with Gasteiger partial charge in [0.05, 0.1) is 10.7 Å². The SMILES string of the molecule is CCCN(C(=O)c1sc2cccc(Cl)c2c1N)C1CC1. The summed E-state index contributed by atoms with van der Waals surface area (Å²) in [4.78, 5) is 15.3. The molecule has 1 heterocycles. The number of nitrogens with zero attached hydrogens (tertiary/aromatic N) is 1. The number of carbonyl (C=O) groups is 1. The zero-order chi connectivity index (χ0) is 14.3. The van der Waals surface area contributed by atoms with Crippen LogP contribution >= 0.6 is 22.9 Å². The van der Waals surface area contributed by atoms with Gasteiger partial charge >= 0.3 is 0 Å². The maximum atomic E-state index is 12.7. The standard InChI is InChI=1S/C15H17ClN2OS/c1-2-8-18(9-6-7-9)15(19)14-13(17)12-10(16)4-3-5-11(12)20-14/h3-5,9H,2,6-8,17H2,1H3. The number of halogens is 1. The van der Waals surface area contributed by atoms with E-state index in [1.54, 1.807) is 0 Å². The highest BCUT2D eigenvalue weighted by Crippen LogP contribution is 2.40. The summed E-state index contributed by atoms with van der Waals surface area (Å²) in [5.41, 5.74) is 6.70. The molecule has 20 heavy (non-hydrogen) atoms. The van der Waals surface area contributed by atoms with Crippen molar-refractivity contribution in [2.75, 3.05) is 12.3 Å². The van der Waals surface area contributed by atoms with Crippen molar-refractivity contribution in [2.45, 2.75) is 32.2 Å². The Bertz CT molecular complexity index is 663. The Hall–Kier alpha value is -1.26. The summed E-state index contributed by atoms with van der Waals surface area (Å²) in [6.07, 6.45) is 3.18. The molecule has 2 N–H and O–H groups in total. The first-order valence-corrected chi connectivity index (χ1v) is 8.10. The first-order valence-electron chi connectivity index (χ1n) is 6.91. The van der Waals surface area contributed by atoms with Crippen LogP contribution in [0, 0.1) is 0 Å². The number of carbonyl (C=O) groups excluding carboxylic acids is 1. The molecule has 0 saturated heterocycles. The Morgan fingerprint density at radius 2 is 2.25 bits per heavy atom. The van der Waals surface area contributed by atoms with Gasteiger partial charge in [-0.25, -0.2) is 0 Å². The van der Waals surface area contributed by atoms with Crippen molar-refractivity contribution in [3.8, 4) is 0 Å². The van der Waals surface area contributed by atoms with Gasteiger partial charge in [-0.1, -0.05) is 24.6 Å². The Morgan fingerprint density at radius 3 is 2.85 bits per heavy atom. The molecular formula is C15H17ClN2OS. The Balaban J connectivity index is 2.03. The molecule has 0 atom stereocenters. The van der Waals surface area contributed by atoms with E-state index in [4.69, 9.17) is 17.3 Å². The third kappa shape index (κ3) is 2.27. The maximum Gasteiger partial charge on any atom is 0.266 e. The van der Waals surface area contributed by atoms with Crippen molar-refractivity contribution in [3.05, 3.63) is 28.1 Å². The molecule has 3 rings (SSSR count). The van der Waals surface area contributed by atoms with E-state index in [2.05, 4.69) is 6.92 Å². The quantitative estimate of drug-likeness (QED) is 0.922. The van der Waals surface area contributed by atoms with Crippen LogP contribution < -0.4 is 5.73 Å². The molecule has 106 valence electrons. The van der Waals surface area contributed by atoms with Crippen molar-refractivity contribution < 1.29 is 4.79 Å². The van der Waals surface area contributed by atoms with E-state index in [9.17, 15) is 4.79 Å². The average Bonchev–Trinajstić information content (AvgIpc) is 3.20. The second kappa shape index (κ2) is 5.26. The van der Waals surface area contributed by atoms with Crippen LogP contribution in [-0.4, -0.2) is 23.4 Å². The lowest BCUT2D eigenvalue weighted by Crippen LogP contribution is -2.33. The van der Waals surface area contributed by atoms with Crippen molar-refractivity contribution in [3.63, 3.8) is 0 Å². The topological polar surface area (TPSA) is 46.3 Å². The molecule has 1 aromatic carbocycles. The molecule has 5 heteroatoms. The fourth-order valence-corrected chi connectivity index (χ4v) is 3.93. The molecule has 1 aliphatic rings. The summed E-state index contributed by atoms with van der Waals surface area (Å²) in [5.74, 6) is 0.0594. The minimum absolute atomic E-state index is 0.0594. The molecule has 1 fully saturated rings. The van der Waals surface area contributed by atoms with Crippen LogP contribution in [0.2, 0.25) is 5.02 Å². The first kappa shape index (κ1) is 13.7. The number of anilines is 1. The van der Waals surface area contributed by atoms with E-state index in [-0.39, 0.29) is 5.91 Å². The summed E-state index contributed by atoms with van der Waals surface area (Å²) in [6.45, 7) is 2.89. The van der Waals surface area contributed by atoms with Crippen molar-refractivity contribution in [1.82, 2.24) is 4.90 Å². The van der Waals surface area contributed by atoms with E-state index in [1.165, 1.54) is 11.3 Å². The molecule has 3 nitrogen and oxygen atoms in total. The molecule has 1 aliphatic carbocycles. The summed E-state index contributed by atoms with van der Waals surface area (Å²) >= 11 is 7.64. The Kier molecular flexibility index (Phi) is 3.61. The number of nitrogen functional groups attached to an aromatic ring is 1. The van der Waals surface area contributed by atoms with Gasteiger partial charge in [0.1, 0.15) is 4.88 Å². The van der Waals surface area contributed by atoms with Gasteiger partial charge in [-0.15, -0.1) is 11.3 Å². The lowest BCUT2D eigenvalue weighted by Gasteiger charge is -2.21. The highest BCUT2D eigenvalue weighted by atomic mass is 35.5. The number of fused-ring (bicyclic) bond motifs is 1. The molecule has 0 bridgehead atoms. The minimum atomic E-state index is 0.0594. The van der Waals surface area contributed by atoms with Gasteiger partial charge in [0, 0.05) is 22.7 Å². The summed E-state index contributed by atoms with van der Waals surface area (Å²) < 4.78 is 0.977. The van der Waals surface area contributed by atoms with Crippen molar-refractivity contribution in [1.29, 1.82) is 0 Å². The van der Waals surface area contributed by atoms with Gasteiger partial charge in [-0.2, -0.15) is 0 Å². The van der Waals surface area contributed by atoms with Gasteiger partial charge in [0.15, 0.2) is 0 Å². The van der Waals surface area contributed by atoms with E-state index in [1.807, 2.05) is 23.1 Å². The van der Waals surface area contributed by atoms with Crippen molar-refractivity contribution >= 4 is 44.6 Å². The zero-order valence-corrected chi connectivity index (χ0v) is 12.9. The second-order valence-electron chi connectivity index (χ2n) is 5.19. The minimum Gasteiger partial charge on any atom is -0.397 e. The molecule has 1 aromatic heterocycles. The van der Waals surface area contributed by atoms with Crippen LogP contribution in [0.4, 0.5) is 5.69 Å². The number of hydrogen-bond acceptors (Lipinski definition) is 3. The third-order valence-electron chi connectivity index (χ3n) is 3.61. The Morgan fingerprint density at radius 1 is 1.50 bits per heavy atom. The number of thiophene rings is 1. The maximum absolute atomic E-state index is 12.7. The van der Waals surface area contributed by atoms with E-state index in [0.29, 0.717) is 21.6 Å².